The quantitative estimate of drug-likeness (QED) is 0.697. The smallest absolute Gasteiger partial charge is 0.270 e. The van der Waals surface area contributed by atoms with Crippen molar-refractivity contribution < 1.29 is 13.9 Å². The van der Waals surface area contributed by atoms with Gasteiger partial charge in [0.15, 0.2) is 0 Å². The molecule has 0 aliphatic rings. The minimum absolute atomic E-state index is 0.245. The predicted molar refractivity (Wildman–Crippen MR) is 101 cm³/mol. The van der Waals surface area contributed by atoms with Gasteiger partial charge in [0.1, 0.15) is 17.3 Å². The molecule has 0 spiro atoms. The third-order valence-corrected chi connectivity index (χ3v) is 3.78. The highest BCUT2D eigenvalue weighted by atomic mass is 19.1. The lowest BCUT2D eigenvalue weighted by Gasteiger charge is -2.10. The number of nitrogens with zero attached hydrogens (tertiary/aromatic N) is 2. The Morgan fingerprint density at radius 1 is 1.11 bits per heavy atom. The SMILES string of the molecule is COc1cccc(Nc2nc(C)cc(C(=O)NCc3ccc(F)cc3)n2)c1. The minimum Gasteiger partial charge on any atom is -0.497 e. The lowest BCUT2D eigenvalue weighted by atomic mass is 10.2. The number of halogens is 1. The van der Waals surface area contributed by atoms with Gasteiger partial charge in [0, 0.05) is 24.0 Å². The molecule has 0 atom stereocenters. The molecule has 3 aromatic rings. The van der Waals surface area contributed by atoms with Crippen LogP contribution < -0.4 is 15.4 Å². The topological polar surface area (TPSA) is 76.1 Å². The Morgan fingerprint density at radius 3 is 2.63 bits per heavy atom. The average Bonchev–Trinajstić information content (AvgIpc) is 2.67. The van der Waals surface area contributed by atoms with Crippen LogP contribution in [0.2, 0.25) is 0 Å². The van der Waals surface area contributed by atoms with E-state index in [2.05, 4.69) is 20.6 Å². The number of ether oxygens (including phenoxy) is 1. The molecule has 1 heterocycles. The van der Waals surface area contributed by atoms with Crippen molar-refractivity contribution in [1.29, 1.82) is 0 Å². The first-order chi connectivity index (χ1) is 13.0. The third kappa shape index (κ3) is 5.01. The summed E-state index contributed by atoms with van der Waals surface area (Å²) in [6.07, 6.45) is 0. The van der Waals surface area contributed by atoms with Crippen molar-refractivity contribution in [2.75, 3.05) is 12.4 Å². The number of nitrogens with one attached hydrogen (secondary N) is 2. The molecule has 1 aromatic heterocycles. The largest absolute Gasteiger partial charge is 0.497 e. The molecular weight excluding hydrogens is 347 g/mol. The second-order valence-corrected chi connectivity index (χ2v) is 5.88. The van der Waals surface area contributed by atoms with Crippen LogP contribution in [0.25, 0.3) is 0 Å². The maximum absolute atomic E-state index is 12.9. The number of carbonyl (C=O) groups excluding carboxylic acids is 1. The first-order valence-electron chi connectivity index (χ1n) is 8.33. The van der Waals surface area contributed by atoms with Crippen molar-refractivity contribution >= 4 is 17.5 Å². The summed E-state index contributed by atoms with van der Waals surface area (Å²) in [4.78, 5) is 21.0. The van der Waals surface area contributed by atoms with Gasteiger partial charge in [0.25, 0.3) is 5.91 Å². The Balaban J connectivity index is 1.71. The van der Waals surface area contributed by atoms with E-state index in [4.69, 9.17) is 4.74 Å². The van der Waals surface area contributed by atoms with Crippen molar-refractivity contribution in [2.45, 2.75) is 13.5 Å². The molecular formula is C20H19FN4O2. The summed E-state index contributed by atoms with van der Waals surface area (Å²) in [5.74, 6) is 0.364. The lowest BCUT2D eigenvalue weighted by Crippen LogP contribution is -2.24. The number of anilines is 2. The zero-order valence-electron chi connectivity index (χ0n) is 15.0. The second kappa shape index (κ2) is 8.27. The summed E-state index contributed by atoms with van der Waals surface area (Å²) in [7, 11) is 1.59. The van der Waals surface area contributed by atoms with Crippen molar-refractivity contribution in [1.82, 2.24) is 15.3 Å². The Bertz CT molecular complexity index is 945. The van der Waals surface area contributed by atoms with E-state index in [9.17, 15) is 9.18 Å². The number of aryl methyl sites for hydroxylation is 1. The number of carbonyl (C=O) groups is 1. The predicted octanol–water partition coefficient (Wildman–Crippen LogP) is 3.61. The van der Waals surface area contributed by atoms with Crippen molar-refractivity contribution in [3.05, 3.63) is 77.4 Å². The highest BCUT2D eigenvalue weighted by Crippen LogP contribution is 2.19. The second-order valence-electron chi connectivity index (χ2n) is 5.88. The van der Waals surface area contributed by atoms with E-state index in [1.54, 1.807) is 38.3 Å². The van der Waals surface area contributed by atoms with Crippen LogP contribution in [0.15, 0.2) is 54.6 Å². The van der Waals surface area contributed by atoms with Crippen LogP contribution in [0.5, 0.6) is 5.75 Å². The minimum atomic E-state index is -0.335. The molecule has 2 N–H and O–H groups in total. The molecule has 0 aliphatic carbocycles. The Labute approximate surface area is 156 Å². The number of methoxy groups -OCH3 is 1. The third-order valence-electron chi connectivity index (χ3n) is 3.78. The van der Waals surface area contributed by atoms with Gasteiger partial charge in [0.05, 0.1) is 7.11 Å². The fourth-order valence-electron chi connectivity index (χ4n) is 2.45. The number of benzene rings is 2. The summed E-state index contributed by atoms with van der Waals surface area (Å²) < 4.78 is 18.1. The fraction of sp³-hybridized carbons (Fsp3) is 0.150. The van der Waals surface area contributed by atoms with E-state index < -0.39 is 0 Å². The molecule has 7 heteroatoms. The maximum Gasteiger partial charge on any atom is 0.270 e. The first kappa shape index (κ1) is 18.3. The Kier molecular flexibility index (Phi) is 5.61. The maximum atomic E-state index is 12.9. The summed E-state index contributed by atoms with van der Waals surface area (Å²) in [6, 6.07) is 14.9. The van der Waals surface area contributed by atoms with E-state index in [1.807, 2.05) is 18.2 Å². The van der Waals surface area contributed by atoms with Crippen LogP contribution in [0.1, 0.15) is 21.7 Å². The van der Waals surface area contributed by atoms with Gasteiger partial charge < -0.3 is 15.4 Å². The molecule has 0 radical (unpaired) electrons. The van der Waals surface area contributed by atoms with Gasteiger partial charge in [-0.25, -0.2) is 14.4 Å². The number of amides is 1. The molecule has 0 saturated heterocycles. The van der Waals surface area contributed by atoms with Gasteiger partial charge in [0.2, 0.25) is 5.95 Å². The van der Waals surface area contributed by atoms with E-state index in [0.717, 1.165) is 11.3 Å². The summed E-state index contributed by atoms with van der Waals surface area (Å²) >= 11 is 0. The van der Waals surface area contributed by atoms with Gasteiger partial charge in [-0.05, 0) is 42.8 Å². The average molecular weight is 366 g/mol. The van der Waals surface area contributed by atoms with Crippen LogP contribution in [-0.4, -0.2) is 23.0 Å². The number of hydrogen-bond donors (Lipinski definition) is 2. The van der Waals surface area contributed by atoms with Crippen molar-refractivity contribution in [3.63, 3.8) is 0 Å². The zero-order valence-corrected chi connectivity index (χ0v) is 15.0. The van der Waals surface area contributed by atoms with Crippen LogP contribution in [-0.2, 0) is 6.54 Å². The van der Waals surface area contributed by atoms with Gasteiger partial charge in [-0.15, -0.1) is 0 Å². The zero-order chi connectivity index (χ0) is 19.2. The molecule has 0 unspecified atom stereocenters. The highest BCUT2D eigenvalue weighted by molar-refractivity contribution is 5.92. The molecule has 1 amide bonds. The first-order valence-corrected chi connectivity index (χ1v) is 8.33. The summed E-state index contributed by atoms with van der Waals surface area (Å²) in [5.41, 5.74) is 2.44. The number of hydrogen-bond acceptors (Lipinski definition) is 5. The van der Waals surface area contributed by atoms with Crippen molar-refractivity contribution in [2.24, 2.45) is 0 Å². The van der Waals surface area contributed by atoms with Gasteiger partial charge >= 0.3 is 0 Å². The molecule has 3 rings (SSSR count). The monoisotopic (exact) mass is 366 g/mol. The lowest BCUT2D eigenvalue weighted by molar-refractivity contribution is 0.0945. The van der Waals surface area contributed by atoms with Crippen LogP contribution >= 0.6 is 0 Å². The normalized spacial score (nSPS) is 10.3. The molecule has 0 aliphatic heterocycles. The molecule has 138 valence electrons. The van der Waals surface area contributed by atoms with Crippen molar-refractivity contribution in [3.8, 4) is 5.75 Å². The van der Waals surface area contributed by atoms with Crippen LogP contribution in [0, 0.1) is 12.7 Å². The summed E-state index contributed by atoms with van der Waals surface area (Å²) in [5, 5.41) is 5.84. The molecule has 27 heavy (non-hydrogen) atoms. The van der Waals surface area contributed by atoms with E-state index in [-0.39, 0.29) is 24.0 Å². The Morgan fingerprint density at radius 2 is 1.89 bits per heavy atom. The molecule has 0 saturated carbocycles. The van der Waals surface area contributed by atoms with E-state index in [0.29, 0.717) is 17.4 Å². The van der Waals surface area contributed by atoms with Crippen LogP contribution in [0.3, 0.4) is 0 Å². The fourth-order valence-corrected chi connectivity index (χ4v) is 2.45. The number of rotatable bonds is 6. The molecule has 0 bridgehead atoms. The highest BCUT2D eigenvalue weighted by Gasteiger charge is 2.11. The van der Waals surface area contributed by atoms with Gasteiger partial charge in [-0.2, -0.15) is 0 Å². The summed E-state index contributed by atoms with van der Waals surface area (Å²) in [6.45, 7) is 2.07. The molecule has 6 nitrogen and oxygen atoms in total. The molecule has 2 aromatic carbocycles. The van der Waals surface area contributed by atoms with Gasteiger partial charge in [-0.1, -0.05) is 18.2 Å². The number of aromatic nitrogens is 2. The van der Waals surface area contributed by atoms with E-state index in [1.165, 1.54) is 12.1 Å². The van der Waals surface area contributed by atoms with Gasteiger partial charge in [-0.3, -0.25) is 4.79 Å². The standard InChI is InChI=1S/C20H19FN4O2/c1-13-10-18(19(26)22-12-14-6-8-15(21)9-7-14)25-20(23-13)24-16-4-3-5-17(11-16)27-2/h3-11H,12H2,1-2H3,(H,22,26)(H,23,24,25). The Hall–Kier alpha value is -3.48. The molecule has 0 fully saturated rings. The van der Waals surface area contributed by atoms with E-state index >= 15 is 0 Å². The van der Waals surface area contributed by atoms with Crippen LogP contribution in [0.4, 0.5) is 16.0 Å².